The van der Waals surface area contributed by atoms with Crippen LogP contribution in [0.1, 0.15) is 58.9 Å². The Balaban J connectivity index is 2.21. The molecule has 0 radical (unpaired) electrons. The van der Waals surface area contributed by atoms with E-state index in [2.05, 4.69) is 10.3 Å². The van der Waals surface area contributed by atoms with Crippen LogP contribution in [-0.4, -0.2) is 27.5 Å². The first-order chi connectivity index (χ1) is 9.44. The van der Waals surface area contributed by atoms with Crippen molar-refractivity contribution < 1.29 is 14.7 Å². The quantitative estimate of drug-likeness (QED) is 0.840. The number of carboxylic acid groups (broad SMARTS) is 1. The van der Waals surface area contributed by atoms with Crippen molar-refractivity contribution in [1.82, 2.24) is 10.3 Å². The van der Waals surface area contributed by atoms with Crippen LogP contribution in [0.5, 0.6) is 0 Å². The van der Waals surface area contributed by atoms with Crippen molar-refractivity contribution in [1.29, 1.82) is 0 Å². The molecule has 0 saturated heterocycles. The number of carbonyl (C=O) groups excluding carboxylic acids is 1. The van der Waals surface area contributed by atoms with Crippen molar-refractivity contribution in [3.63, 3.8) is 0 Å². The summed E-state index contributed by atoms with van der Waals surface area (Å²) in [6.07, 6.45) is 4.75. The van der Waals surface area contributed by atoms with Crippen LogP contribution in [0, 0.1) is 13.8 Å². The average molecular weight is 296 g/mol. The highest BCUT2D eigenvalue weighted by Gasteiger charge is 2.40. The predicted molar refractivity (Wildman–Crippen MR) is 77.1 cm³/mol. The van der Waals surface area contributed by atoms with Crippen LogP contribution in [0.4, 0.5) is 0 Å². The second-order valence-electron chi connectivity index (χ2n) is 5.40. The van der Waals surface area contributed by atoms with Crippen LogP contribution < -0.4 is 5.32 Å². The maximum absolute atomic E-state index is 12.4. The van der Waals surface area contributed by atoms with Gasteiger partial charge in [0.25, 0.3) is 5.91 Å². The summed E-state index contributed by atoms with van der Waals surface area (Å²) in [7, 11) is 0. The molecule has 0 aromatic carbocycles. The highest BCUT2D eigenvalue weighted by atomic mass is 32.1. The van der Waals surface area contributed by atoms with Crippen LogP contribution in [0.15, 0.2) is 0 Å². The minimum absolute atomic E-state index is 0.308. The van der Waals surface area contributed by atoms with Crippen molar-refractivity contribution in [2.24, 2.45) is 0 Å². The number of aromatic nitrogens is 1. The number of amides is 1. The number of hydrogen-bond acceptors (Lipinski definition) is 4. The summed E-state index contributed by atoms with van der Waals surface area (Å²) in [5, 5.41) is 13.1. The molecular formula is C14H20N2O3S. The Morgan fingerprint density at radius 3 is 2.25 bits per heavy atom. The maximum atomic E-state index is 12.4. The molecule has 0 unspecified atom stereocenters. The molecular weight excluding hydrogens is 276 g/mol. The van der Waals surface area contributed by atoms with Gasteiger partial charge in [0.05, 0.1) is 10.7 Å². The van der Waals surface area contributed by atoms with E-state index in [0.29, 0.717) is 23.4 Å². The van der Waals surface area contributed by atoms with Gasteiger partial charge in [0.2, 0.25) is 0 Å². The number of carboxylic acids is 1. The van der Waals surface area contributed by atoms with Gasteiger partial charge in [0.15, 0.2) is 0 Å². The fourth-order valence-electron chi connectivity index (χ4n) is 2.74. The van der Waals surface area contributed by atoms with E-state index >= 15 is 0 Å². The highest BCUT2D eigenvalue weighted by molar-refractivity contribution is 7.13. The zero-order valence-corrected chi connectivity index (χ0v) is 12.7. The van der Waals surface area contributed by atoms with Crippen LogP contribution in [0.2, 0.25) is 0 Å². The first-order valence-electron chi connectivity index (χ1n) is 6.94. The van der Waals surface area contributed by atoms with E-state index in [0.717, 1.165) is 30.7 Å². The van der Waals surface area contributed by atoms with Gasteiger partial charge in [0, 0.05) is 0 Å². The van der Waals surface area contributed by atoms with Gasteiger partial charge in [-0.1, -0.05) is 25.7 Å². The van der Waals surface area contributed by atoms with Crippen LogP contribution >= 0.6 is 11.3 Å². The monoisotopic (exact) mass is 296 g/mol. The standard InChI is InChI=1S/C14H20N2O3S/c1-9-11(20-10(2)15-9)12(17)16-14(13(18)19)7-5-3-4-6-8-14/h3-8H2,1-2H3,(H,16,17)(H,18,19). The van der Waals surface area contributed by atoms with E-state index in [1.165, 1.54) is 11.3 Å². The van der Waals surface area contributed by atoms with Gasteiger partial charge < -0.3 is 10.4 Å². The summed E-state index contributed by atoms with van der Waals surface area (Å²) >= 11 is 1.31. The third-order valence-electron chi connectivity index (χ3n) is 3.83. The summed E-state index contributed by atoms with van der Waals surface area (Å²) in [5.41, 5.74) is -0.447. The summed E-state index contributed by atoms with van der Waals surface area (Å²) < 4.78 is 0. The molecule has 0 spiro atoms. The molecule has 6 heteroatoms. The van der Waals surface area contributed by atoms with Gasteiger partial charge in [-0.3, -0.25) is 4.79 Å². The van der Waals surface area contributed by atoms with Crippen molar-refractivity contribution in [2.45, 2.75) is 57.9 Å². The Kier molecular flexibility index (Phi) is 4.42. The van der Waals surface area contributed by atoms with Crippen molar-refractivity contribution in [2.75, 3.05) is 0 Å². The number of aliphatic carboxylic acids is 1. The summed E-state index contributed by atoms with van der Waals surface area (Å²) in [5.74, 6) is -1.23. The van der Waals surface area contributed by atoms with Gasteiger partial charge in [0.1, 0.15) is 10.4 Å². The molecule has 1 aromatic rings. The number of rotatable bonds is 3. The molecule has 1 aliphatic carbocycles. The fourth-order valence-corrected chi connectivity index (χ4v) is 3.56. The lowest BCUT2D eigenvalue weighted by Crippen LogP contribution is -2.54. The van der Waals surface area contributed by atoms with Gasteiger partial charge in [-0.05, 0) is 26.7 Å². The zero-order valence-electron chi connectivity index (χ0n) is 11.9. The number of hydrogen-bond donors (Lipinski definition) is 2. The molecule has 1 heterocycles. The van der Waals surface area contributed by atoms with E-state index in [1.54, 1.807) is 6.92 Å². The third-order valence-corrected chi connectivity index (χ3v) is 4.90. The molecule has 2 N–H and O–H groups in total. The number of nitrogens with one attached hydrogen (secondary N) is 1. The Morgan fingerprint density at radius 1 is 1.20 bits per heavy atom. The van der Waals surface area contributed by atoms with E-state index in [4.69, 9.17) is 0 Å². The van der Waals surface area contributed by atoms with Crippen LogP contribution in [-0.2, 0) is 4.79 Å². The summed E-state index contributed by atoms with van der Waals surface area (Å²) in [6.45, 7) is 3.62. The number of thiazole rings is 1. The van der Waals surface area contributed by atoms with E-state index in [-0.39, 0.29) is 5.91 Å². The van der Waals surface area contributed by atoms with Crippen molar-refractivity contribution >= 4 is 23.2 Å². The van der Waals surface area contributed by atoms with Crippen molar-refractivity contribution in [3.8, 4) is 0 Å². The molecule has 1 aliphatic rings. The second kappa shape index (κ2) is 5.91. The molecule has 5 nitrogen and oxygen atoms in total. The lowest BCUT2D eigenvalue weighted by atomic mass is 9.90. The van der Waals surface area contributed by atoms with Crippen LogP contribution in [0.3, 0.4) is 0 Å². The van der Waals surface area contributed by atoms with E-state index in [1.807, 2.05) is 6.92 Å². The predicted octanol–water partition coefficient (Wildman–Crippen LogP) is 2.67. The molecule has 0 bridgehead atoms. The molecule has 0 atom stereocenters. The molecule has 1 fully saturated rings. The minimum Gasteiger partial charge on any atom is -0.480 e. The van der Waals surface area contributed by atoms with Gasteiger partial charge in [-0.25, -0.2) is 9.78 Å². The molecule has 0 aliphatic heterocycles. The average Bonchev–Trinajstić information content (AvgIpc) is 2.60. The Labute approximate surface area is 122 Å². The fraction of sp³-hybridized carbons (Fsp3) is 0.643. The van der Waals surface area contributed by atoms with Crippen LogP contribution in [0.25, 0.3) is 0 Å². The first kappa shape index (κ1) is 15.0. The Bertz CT molecular complexity index is 516. The molecule has 1 aromatic heterocycles. The Morgan fingerprint density at radius 2 is 1.80 bits per heavy atom. The first-order valence-corrected chi connectivity index (χ1v) is 7.76. The Hall–Kier alpha value is -1.43. The summed E-state index contributed by atoms with van der Waals surface area (Å²) in [4.78, 5) is 28.8. The third kappa shape index (κ3) is 3.00. The molecule has 20 heavy (non-hydrogen) atoms. The molecule has 2 rings (SSSR count). The molecule has 1 amide bonds. The highest BCUT2D eigenvalue weighted by Crippen LogP contribution is 2.28. The number of carbonyl (C=O) groups is 2. The summed E-state index contributed by atoms with van der Waals surface area (Å²) in [6, 6.07) is 0. The topological polar surface area (TPSA) is 79.3 Å². The normalized spacial score (nSPS) is 18.3. The van der Waals surface area contributed by atoms with Gasteiger partial charge in [-0.2, -0.15) is 0 Å². The largest absolute Gasteiger partial charge is 0.480 e. The molecule has 1 saturated carbocycles. The second-order valence-corrected chi connectivity index (χ2v) is 6.61. The number of nitrogens with zero attached hydrogens (tertiary/aromatic N) is 1. The lowest BCUT2D eigenvalue weighted by Gasteiger charge is -2.29. The van der Waals surface area contributed by atoms with E-state index < -0.39 is 11.5 Å². The maximum Gasteiger partial charge on any atom is 0.329 e. The van der Waals surface area contributed by atoms with Crippen molar-refractivity contribution in [3.05, 3.63) is 15.6 Å². The smallest absolute Gasteiger partial charge is 0.329 e. The minimum atomic E-state index is -1.11. The van der Waals surface area contributed by atoms with E-state index in [9.17, 15) is 14.7 Å². The zero-order chi connectivity index (χ0) is 14.8. The van der Waals surface area contributed by atoms with Gasteiger partial charge in [-0.15, -0.1) is 11.3 Å². The van der Waals surface area contributed by atoms with Gasteiger partial charge >= 0.3 is 5.97 Å². The molecule has 110 valence electrons. The SMILES string of the molecule is Cc1nc(C)c(C(=O)NC2(C(=O)O)CCCCCC2)s1. The lowest BCUT2D eigenvalue weighted by molar-refractivity contribution is -0.145. The number of aryl methyl sites for hydroxylation is 2.